The van der Waals surface area contributed by atoms with E-state index in [-0.39, 0.29) is 6.10 Å². The van der Waals surface area contributed by atoms with Crippen LogP contribution in [0.15, 0.2) is 12.2 Å². The summed E-state index contributed by atoms with van der Waals surface area (Å²) in [5.74, 6) is 0. The molecule has 0 saturated carbocycles. The van der Waals surface area contributed by atoms with Crippen LogP contribution in [0.1, 0.15) is 129 Å². The minimum absolute atomic E-state index is 0.127. The lowest BCUT2D eigenvalue weighted by Gasteiger charge is -2.07. The maximum absolute atomic E-state index is 9.90. The molecule has 0 heterocycles. The standard InChI is InChI=1S/C24H48O2/c1-2-3-4-18-21-24(26)22-19-16-14-12-10-8-6-5-7-9-11-13-15-17-20-23-25/h4,18,24-26H,2-3,5-17,19-23H2,1H3. The molecule has 0 aromatic rings. The average Bonchev–Trinajstić information content (AvgIpc) is 2.65. The fourth-order valence-electron chi connectivity index (χ4n) is 3.45. The lowest BCUT2D eigenvalue weighted by molar-refractivity contribution is 0.163. The summed E-state index contributed by atoms with van der Waals surface area (Å²) in [7, 11) is 0. The quantitative estimate of drug-likeness (QED) is 0.164. The lowest BCUT2D eigenvalue weighted by atomic mass is 10.0. The Hall–Kier alpha value is -0.340. The summed E-state index contributed by atoms with van der Waals surface area (Å²) in [5, 5.41) is 18.6. The lowest BCUT2D eigenvalue weighted by Crippen LogP contribution is -2.04. The van der Waals surface area contributed by atoms with Crippen molar-refractivity contribution in [3.05, 3.63) is 12.2 Å². The number of unbranched alkanes of at least 4 members (excludes halogenated alkanes) is 15. The molecule has 0 aromatic heterocycles. The highest BCUT2D eigenvalue weighted by Crippen LogP contribution is 2.14. The Morgan fingerprint density at radius 3 is 1.46 bits per heavy atom. The third-order valence-electron chi connectivity index (χ3n) is 5.23. The number of rotatable bonds is 21. The van der Waals surface area contributed by atoms with Gasteiger partial charge in [-0.15, -0.1) is 0 Å². The summed E-state index contributed by atoms with van der Waals surface area (Å²) in [6.45, 7) is 2.55. The fourth-order valence-corrected chi connectivity index (χ4v) is 3.45. The maximum Gasteiger partial charge on any atom is 0.0574 e. The third-order valence-corrected chi connectivity index (χ3v) is 5.23. The van der Waals surface area contributed by atoms with Gasteiger partial charge in [0.25, 0.3) is 0 Å². The van der Waals surface area contributed by atoms with Gasteiger partial charge in [0.2, 0.25) is 0 Å². The topological polar surface area (TPSA) is 40.5 Å². The van der Waals surface area contributed by atoms with Crippen molar-refractivity contribution >= 4 is 0 Å². The van der Waals surface area contributed by atoms with Crippen LogP contribution in [-0.2, 0) is 0 Å². The predicted molar refractivity (Wildman–Crippen MR) is 116 cm³/mol. The normalized spacial score (nSPS) is 12.9. The van der Waals surface area contributed by atoms with Crippen molar-refractivity contribution < 1.29 is 10.2 Å². The molecule has 0 saturated heterocycles. The Balaban J connectivity index is 3.11. The molecular weight excluding hydrogens is 320 g/mol. The monoisotopic (exact) mass is 368 g/mol. The molecule has 1 atom stereocenters. The van der Waals surface area contributed by atoms with Gasteiger partial charge in [0.05, 0.1) is 6.10 Å². The third kappa shape index (κ3) is 21.7. The minimum atomic E-state index is -0.127. The van der Waals surface area contributed by atoms with E-state index in [4.69, 9.17) is 5.11 Å². The highest BCUT2D eigenvalue weighted by molar-refractivity contribution is 4.83. The number of hydrogen-bond donors (Lipinski definition) is 2. The Bertz CT molecular complexity index is 275. The first-order valence-electron chi connectivity index (χ1n) is 11.7. The Kier molecular flexibility index (Phi) is 22.4. The first-order chi connectivity index (χ1) is 12.8. The molecule has 0 aliphatic heterocycles. The molecule has 0 aliphatic carbocycles. The Labute approximate surface area is 164 Å². The fraction of sp³-hybridized carbons (Fsp3) is 0.917. The van der Waals surface area contributed by atoms with E-state index in [0.717, 1.165) is 25.7 Å². The van der Waals surface area contributed by atoms with Crippen LogP contribution in [0.2, 0.25) is 0 Å². The van der Waals surface area contributed by atoms with Crippen LogP contribution in [-0.4, -0.2) is 22.9 Å². The number of allylic oxidation sites excluding steroid dienone is 1. The van der Waals surface area contributed by atoms with Crippen LogP contribution in [0.4, 0.5) is 0 Å². The van der Waals surface area contributed by atoms with Gasteiger partial charge in [0.15, 0.2) is 0 Å². The second-order valence-electron chi connectivity index (χ2n) is 7.97. The molecule has 0 amide bonds. The minimum Gasteiger partial charge on any atom is -0.396 e. The maximum atomic E-state index is 9.90. The summed E-state index contributed by atoms with van der Waals surface area (Å²) < 4.78 is 0. The van der Waals surface area contributed by atoms with E-state index in [1.807, 2.05) is 0 Å². The SMILES string of the molecule is CCCC=CCC(O)CCCCCCCCCCCCCCCCCO. The van der Waals surface area contributed by atoms with Gasteiger partial charge in [-0.2, -0.15) is 0 Å². The molecule has 0 spiro atoms. The van der Waals surface area contributed by atoms with E-state index in [9.17, 15) is 5.11 Å². The smallest absolute Gasteiger partial charge is 0.0574 e. The van der Waals surface area contributed by atoms with Crippen LogP contribution in [0.3, 0.4) is 0 Å². The summed E-state index contributed by atoms with van der Waals surface area (Å²) in [5.41, 5.74) is 0. The molecule has 1 unspecified atom stereocenters. The zero-order valence-electron chi connectivity index (χ0n) is 17.8. The van der Waals surface area contributed by atoms with E-state index in [0.29, 0.717) is 6.61 Å². The highest BCUT2D eigenvalue weighted by Gasteiger charge is 2.01. The van der Waals surface area contributed by atoms with E-state index in [1.165, 1.54) is 96.3 Å². The number of aliphatic hydroxyl groups is 2. The molecule has 0 bridgehead atoms. The van der Waals surface area contributed by atoms with Gasteiger partial charge in [-0.05, 0) is 25.7 Å². The van der Waals surface area contributed by atoms with Crippen LogP contribution >= 0.6 is 0 Å². The van der Waals surface area contributed by atoms with E-state index in [1.54, 1.807) is 0 Å². The van der Waals surface area contributed by atoms with Crippen molar-refractivity contribution in [2.24, 2.45) is 0 Å². The first kappa shape index (κ1) is 25.7. The summed E-state index contributed by atoms with van der Waals surface area (Å²) in [6.07, 6.45) is 28.2. The van der Waals surface area contributed by atoms with Crippen molar-refractivity contribution in [3.63, 3.8) is 0 Å². The largest absolute Gasteiger partial charge is 0.396 e. The number of aliphatic hydroxyl groups excluding tert-OH is 2. The molecule has 156 valence electrons. The highest BCUT2D eigenvalue weighted by atomic mass is 16.3. The van der Waals surface area contributed by atoms with Crippen molar-refractivity contribution in [1.29, 1.82) is 0 Å². The van der Waals surface area contributed by atoms with E-state index < -0.39 is 0 Å². The second kappa shape index (κ2) is 22.7. The summed E-state index contributed by atoms with van der Waals surface area (Å²) >= 11 is 0. The van der Waals surface area contributed by atoms with E-state index >= 15 is 0 Å². The van der Waals surface area contributed by atoms with E-state index in [2.05, 4.69) is 19.1 Å². The summed E-state index contributed by atoms with van der Waals surface area (Å²) in [4.78, 5) is 0. The summed E-state index contributed by atoms with van der Waals surface area (Å²) in [6, 6.07) is 0. The van der Waals surface area contributed by atoms with Gasteiger partial charge in [-0.3, -0.25) is 0 Å². The van der Waals surface area contributed by atoms with Gasteiger partial charge < -0.3 is 10.2 Å². The van der Waals surface area contributed by atoms with Crippen LogP contribution in [0, 0.1) is 0 Å². The second-order valence-corrected chi connectivity index (χ2v) is 7.97. The zero-order valence-corrected chi connectivity index (χ0v) is 17.8. The van der Waals surface area contributed by atoms with Gasteiger partial charge >= 0.3 is 0 Å². The zero-order chi connectivity index (χ0) is 19.1. The van der Waals surface area contributed by atoms with Gasteiger partial charge in [0.1, 0.15) is 0 Å². The molecule has 2 heteroatoms. The molecular formula is C24H48O2. The molecule has 2 nitrogen and oxygen atoms in total. The van der Waals surface area contributed by atoms with Crippen LogP contribution in [0.25, 0.3) is 0 Å². The average molecular weight is 369 g/mol. The molecule has 2 N–H and O–H groups in total. The Morgan fingerprint density at radius 2 is 1.04 bits per heavy atom. The molecule has 0 aliphatic rings. The van der Waals surface area contributed by atoms with Gasteiger partial charge in [0, 0.05) is 6.61 Å². The van der Waals surface area contributed by atoms with Crippen LogP contribution < -0.4 is 0 Å². The molecule has 0 radical (unpaired) electrons. The molecule has 0 aromatic carbocycles. The predicted octanol–water partition coefficient (Wildman–Crippen LogP) is 7.33. The molecule has 0 rings (SSSR count). The number of hydrogen-bond acceptors (Lipinski definition) is 2. The van der Waals surface area contributed by atoms with Crippen LogP contribution in [0.5, 0.6) is 0 Å². The first-order valence-corrected chi connectivity index (χ1v) is 11.7. The van der Waals surface area contributed by atoms with Gasteiger partial charge in [-0.1, -0.05) is 115 Å². The van der Waals surface area contributed by atoms with Crippen molar-refractivity contribution in [1.82, 2.24) is 0 Å². The molecule has 0 fully saturated rings. The van der Waals surface area contributed by atoms with Gasteiger partial charge in [-0.25, -0.2) is 0 Å². The van der Waals surface area contributed by atoms with Crippen molar-refractivity contribution in [2.75, 3.05) is 6.61 Å². The van der Waals surface area contributed by atoms with Crippen molar-refractivity contribution in [3.8, 4) is 0 Å². The van der Waals surface area contributed by atoms with Crippen molar-refractivity contribution in [2.45, 2.75) is 135 Å². The Morgan fingerprint density at radius 1 is 0.615 bits per heavy atom. The molecule has 26 heavy (non-hydrogen) atoms.